The Morgan fingerprint density at radius 3 is 2.58 bits per heavy atom. The highest BCUT2D eigenvalue weighted by Gasteiger charge is 2.29. The second-order valence-corrected chi connectivity index (χ2v) is 6.34. The fourth-order valence-electron chi connectivity index (χ4n) is 1.35. The Morgan fingerprint density at radius 1 is 1.53 bits per heavy atom. The maximum absolute atomic E-state index is 12.1. The zero-order valence-electron chi connectivity index (χ0n) is 10.3. The van der Waals surface area contributed by atoms with E-state index in [0.717, 1.165) is 6.07 Å². The molecule has 0 spiro atoms. The minimum atomic E-state index is -4.11. The molecule has 19 heavy (non-hydrogen) atoms. The quantitative estimate of drug-likeness (QED) is 0.736. The Balaban J connectivity index is 3.17. The number of carboxylic acid groups (broad SMARTS) is 1. The highest BCUT2D eigenvalue weighted by atomic mass is 35.5. The Hall–Kier alpha value is -1.38. The van der Waals surface area contributed by atoms with E-state index >= 15 is 0 Å². The van der Waals surface area contributed by atoms with E-state index in [1.54, 1.807) is 13.8 Å². The molecule has 1 aromatic rings. The molecule has 0 aliphatic carbocycles. The summed E-state index contributed by atoms with van der Waals surface area (Å²) in [6.07, 6.45) is 1.20. The first-order chi connectivity index (χ1) is 8.65. The van der Waals surface area contributed by atoms with Gasteiger partial charge in [-0.15, -0.1) is 0 Å². The van der Waals surface area contributed by atoms with E-state index in [2.05, 4.69) is 9.71 Å². The van der Waals surface area contributed by atoms with E-state index in [1.165, 1.54) is 6.20 Å². The van der Waals surface area contributed by atoms with Crippen molar-refractivity contribution in [3.05, 3.63) is 17.3 Å². The number of anilines is 1. The van der Waals surface area contributed by atoms with E-state index in [0.29, 0.717) is 0 Å². The van der Waals surface area contributed by atoms with Crippen molar-refractivity contribution in [2.24, 2.45) is 5.92 Å². The van der Waals surface area contributed by atoms with Gasteiger partial charge in [0.25, 0.3) is 0 Å². The minimum Gasteiger partial charge on any atom is -0.480 e. The van der Waals surface area contributed by atoms with Crippen molar-refractivity contribution in [2.75, 3.05) is 5.73 Å². The summed E-state index contributed by atoms with van der Waals surface area (Å²) < 4.78 is 26.2. The van der Waals surface area contributed by atoms with Crippen LogP contribution < -0.4 is 10.5 Å². The number of hydrogen-bond donors (Lipinski definition) is 3. The summed E-state index contributed by atoms with van der Waals surface area (Å²) in [6, 6.07) is -0.144. The van der Waals surface area contributed by atoms with Crippen LogP contribution in [0.1, 0.15) is 13.8 Å². The smallest absolute Gasteiger partial charge is 0.322 e. The Morgan fingerprint density at radius 2 is 2.11 bits per heavy atom. The SMILES string of the molecule is CC(C)[C@H](NS(=O)(=O)c1cc(Cl)cnc1N)C(=O)O. The first kappa shape index (κ1) is 15.7. The number of sulfonamides is 1. The summed E-state index contributed by atoms with van der Waals surface area (Å²) in [7, 11) is -4.11. The Kier molecular flexibility index (Phi) is 4.72. The van der Waals surface area contributed by atoms with Gasteiger partial charge in [-0.25, -0.2) is 13.4 Å². The van der Waals surface area contributed by atoms with E-state index in [4.69, 9.17) is 22.4 Å². The first-order valence-electron chi connectivity index (χ1n) is 5.31. The van der Waals surface area contributed by atoms with Crippen molar-refractivity contribution in [3.8, 4) is 0 Å². The molecule has 0 fully saturated rings. The third-order valence-electron chi connectivity index (χ3n) is 2.35. The molecular formula is C10H14ClN3O4S. The van der Waals surface area contributed by atoms with Crippen LogP contribution in [-0.4, -0.2) is 30.5 Å². The highest BCUT2D eigenvalue weighted by Crippen LogP contribution is 2.20. The van der Waals surface area contributed by atoms with E-state index < -0.39 is 28.0 Å². The van der Waals surface area contributed by atoms with Gasteiger partial charge in [0.1, 0.15) is 16.8 Å². The monoisotopic (exact) mass is 307 g/mol. The average molecular weight is 308 g/mol. The molecule has 0 amide bonds. The fourth-order valence-corrected chi connectivity index (χ4v) is 3.02. The lowest BCUT2D eigenvalue weighted by Gasteiger charge is -2.18. The van der Waals surface area contributed by atoms with Gasteiger partial charge < -0.3 is 10.8 Å². The largest absolute Gasteiger partial charge is 0.480 e. The second-order valence-electron chi connectivity index (χ2n) is 4.22. The summed E-state index contributed by atoms with van der Waals surface area (Å²) in [6.45, 7) is 3.17. The molecule has 7 nitrogen and oxygen atoms in total. The molecular weight excluding hydrogens is 294 g/mol. The van der Waals surface area contributed by atoms with Gasteiger partial charge in [0.15, 0.2) is 0 Å². The number of nitrogens with zero attached hydrogens (tertiary/aromatic N) is 1. The van der Waals surface area contributed by atoms with Gasteiger partial charge in [-0.05, 0) is 12.0 Å². The van der Waals surface area contributed by atoms with Gasteiger partial charge in [-0.3, -0.25) is 4.79 Å². The normalized spacial score (nSPS) is 13.5. The fraction of sp³-hybridized carbons (Fsp3) is 0.400. The number of nitrogen functional groups attached to an aromatic ring is 1. The molecule has 0 aliphatic rings. The van der Waals surface area contributed by atoms with Crippen molar-refractivity contribution in [1.29, 1.82) is 0 Å². The van der Waals surface area contributed by atoms with Gasteiger partial charge in [0.05, 0.1) is 5.02 Å². The Labute approximate surface area is 115 Å². The number of aromatic nitrogens is 1. The van der Waals surface area contributed by atoms with Crippen LogP contribution in [-0.2, 0) is 14.8 Å². The van der Waals surface area contributed by atoms with Crippen LogP contribution in [0.5, 0.6) is 0 Å². The molecule has 0 bridgehead atoms. The standard InChI is InChI=1S/C10H14ClN3O4S/c1-5(2)8(10(15)16)14-19(17,18)7-3-6(11)4-13-9(7)12/h3-5,8,14H,1-2H3,(H2,12,13)(H,15,16)/t8-/m0/s1. The molecule has 1 atom stereocenters. The Bertz CT molecular complexity index is 588. The molecule has 1 heterocycles. The van der Waals surface area contributed by atoms with Crippen LogP contribution in [0, 0.1) is 5.92 Å². The molecule has 0 unspecified atom stereocenters. The predicted molar refractivity (Wildman–Crippen MR) is 70.2 cm³/mol. The molecule has 1 rings (SSSR count). The van der Waals surface area contributed by atoms with Crippen molar-refractivity contribution in [1.82, 2.24) is 9.71 Å². The van der Waals surface area contributed by atoms with Crippen molar-refractivity contribution in [3.63, 3.8) is 0 Å². The molecule has 0 aliphatic heterocycles. The summed E-state index contributed by atoms with van der Waals surface area (Å²) in [5, 5.41) is 9.07. The van der Waals surface area contributed by atoms with Crippen LogP contribution >= 0.6 is 11.6 Å². The topological polar surface area (TPSA) is 122 Å². The zero-order valence-corrected chi connectivity index (χ0v) is 11.9. The third kappa shape index (κ3) is 3.79. The van der Waals surface area contributed by atoms with Gasteiger partial charge in [0, 0.05) is 6.20 Å². The van der Waals surface area contributed by atoms with Crippen LogP contribution in [0.2, 0.25) is 5.02 Å². The lowest BCUT2D eigenvalue weighted by atomic mass is 10.1. The predicted octanol–water partition coefficient (Wildman–Crippen LogP) is 0.705. The number of hydrogen-bond acceptors (Lipinski definition) is 5. The van der Waals surface area contributed by atoms with Crippen LogP contribution in [0.4, 0.5) is 5.82 Å². The number of pyridine rings is 1. The number of nitrogens with one attached hydrogen (secondary N) is 1. The number of halogens is 1. The number of carbonyl (C=O) groups is 1. The van der Waals surface area contributed by atoms with Crippen molar-refractivity contribution in [2.45, 2.75) is 24.8 Å². The molecule has 0 radical (unpaired) electrons. The number of carboxylic acids is 1. The minimum absolute atomic E-state index is 0.0889. The van der Waals surface area contributed by atoms with Crippen LogP contribution in [0.25, 0.3) is 0 Å². The average Bonchev–Trinajstić information content (AvgIpc) is 2.28. The molecule has 0 saturated carbocycles. The zero-order chi connectivity index (χ0) is 14.8. The molecule has 4 N–H and O–H groups in total. The lowest BCUT2D eigenvalue weighted by molar-refractivity contribution is -0.140. The van der Waals surface area contributed by atoms with E-state index in [9.17, 15) is 13.2 Å². The molecule has 1 aromatic heterocycles. The maximum atomic E-state index is 12.1. The molecule has 0 aromatic carbocycles. The first-order valence-corrected chi connectivity index (χ1v) is 7.17. The highest BCUT2D eigenvalue weighted by molar-refractivity contribution is 7.89. The number of rotatable bonds is 5. The van der Waals surface area contributed by atoms with Gasteiger partial charge in [-0.1, -0.05) is 25.4 Å². The summed E-state index contributed by atoms with van der Waals surface area (Å²) in [5.41, 5.74) is 5.47. The van der Waals surface area contributed by atoms with E-state index in [-0.39, 0.29) is 15.7 Å². The third-order valence-corrected chi connectivity index (χ3v) is 4.03. The van der Waals surface area contributed by atoms with Crippen molar-refractivity contribution < 1.29 is 18.3 Å². The number of aliphatic carboxylic acids is 1. The maximum Gasteiger partial charge on any atom is 0.322 e. The van der Waals surface area contributed by atoms with Crippen LogP contribution in [0.3, 0.4) is 0 Å². The molecule has 106 valence electrons. The summed E-state index contributed by atoms with van der Waals surface area (Å²) in [5.74, 6) is -1.95. The summed E-state index contributed by atoms with van der Waals surface area (Å²) >= 11 is 5.66. The van der Waals surface area contributed by atoms with Gasteiger partial charge >= 0.3 is 5.97 Å². The van der Waals surface area contributed by atoms with Crippen molar-refractivity contribution >= 4 is 33.4 Å². The van der Waals surface area contributed by atoms with Crippen LogP contribution in [0.15, 0.2) is 17.2 Å². The van der Waals surface area contributed by atoms with Gasteiger partial charge in [0.2, 0.25) is 10.0 Å². The van der Waals surface area contributed by atoms with E-state index in [1.807, 2.05) is 0 Å². The molecule has 0 saturated heterocycles. The van der Waals surface area contributed by atoms with Gasteiger partial charge in [-0.2, -0.15) is 4.72 Å². The molecule has 9 heteroatoms. The lowest BCUT2D eigenvalue weighted by Crippen LogP contribution is -2.44. The second kappa shape index (κ2) is 5.72. The number of nitrogens with two attached hydrogens (primary N) is 1. The summed E-state index contributed by atoms with van der Waals surface area (Å²) in [4.78, 5) is 14.3.